The molecule has 2 unspecified atom stereocenters. The summed E-state index contributed by atoms with van der Waals surface area (Å²) in [6.07, 6.45) is 6.51. The molecule has 1 heterocycles. The molecule has 0 aromatic heterocycles. The van der Waals surface area contributed by atoms with Crippen LogP contribution in [0.2, 0.25) is 0 Å². The fourth-order valence-electron chi connectivity index (χ4n) is 2.35. The van der Waals surface area contributed by atoms with Crippen LogP contribution in [0.1, 0.15) is 52.4 Å². The molecule has 20 heavy (non-hydrogen) atoms. The average Bonchev–Trinajstić information content (AvgIpc) is 2.98. The number of amides is 2. The van der Waals surface area contributed by atoms with E-state index in [1.165, 1.54) is 6.42 Å². The molecule has 1 aliphatic rings. The van der Waals surface area contributed by atoms with Gasteiger partial charge in [0, 0.05) is 19.7 Å². The Morgan fingerprint density at radius 1 is 1.25 bits per heavy atom. The van der Waals surface area contributed by atoms with Crippen LogP contribution in [0.25, 0.3) is 0 Å². The van der Waals surface area contributed by atoms with Gasteiger partial charge in [0.15, 0.2) is 0 Å². The average molecular weight is 284 g/mol. The molecule has 0 saturated carbocycles. The van der Waals surface area contributed by atoms with E-state index < -0.39 is 11.8 Å². The van der Waals surface area contributed by atoms with Gasteiger partial charge in [-0.15, -0.1) is 0 Å². The van der Waals surface area contributed by atoms with Gasteiger partial charge in [-0.25, -0.2) is 0 Å². The number of hydrogen-bond donors (Lipinski definition) is 2. The predicted octanol–water partition coefficient (Wildman–Crippen LogP) is 1.61. The summed E-state index contributed by atoms with van der Waals surface area (Å²) in [4.78, 5) is 23.3. The van der Waals surface area contributed by atoms with Crippen molar-refractivity contribution in [3.05, 3.63) is 0 Å². The number of unbranched alkanes of at least 4 members (excludes halogenated alkanes) is 1. The van der Waals surface area contributed by atoms with E-state index in [2.05, 4.69) is 24.5 Å². The zero-order valence-corrected chi connectivity index (χ0v) is 12.7. The smallest absolute Gasteiger partial charge is 0.309 e. The molecule has 2 N–H and O–H groups in total. The van der Waals surface area contributed by atoms with Gasteiger partial charge in [-0.3, -0.25) is 9.59 Å². The molecule has 1 saturated heterocycles. The lowest BCUT2D eigenvalue weighted by Crippen LogP contribution is -2.43. The molecule has 2 atom stereocenters. The van der Waals surface area contributed by atoms with E-state index >= 15 is 0 Å². The Morgan fingerprint density at radius 3 is 2.60 bits per heavy atom. The van der Waals surface area contributed by atoms with E-state index in [1.54, 1.807) is 0 Å². The van der Waals surface area contributed by atoms with Gasteiger partial charge < -0.3 is 15.4 Å². The Labute approximate surface area is 121 Å². The molecular weight excluding hydrogens is 256 g/mol. The zero-order valence-electron chi connectivity index (χ0n) is 12.7. The van der Waals surface area contributed by atoms with Crippen molar-refractivity contribution in [1.29, 1.82) is 0 Å². The van der Waals surface area contributed by atoms with Gasteiger partial charge in [0.2, 0.25) is 0 Å². The molecule has 0 aliphatic carbocycles. The highest BCUT2D eigenvalue weighted by Gasteiger charge is 2.19. The molecule has 0 aromatic rings. The Morgan fingerprint density at radius 2 is 2.00 bits per heavy atom. The predicted molar refractivity (Wildman–Crippen MR) is 78.3 cm³/mol. The summed E-state index contributed by atoms with van der Waals surface area (Å²) in [6.45, 7) is 6.04. The molecule has 1 fully saturated rings. The largest absolute Gasteiger partial charge is 0.376 e. The van der Waals surface area contributed by atoms with Crippen molar-refractivity contribution in [2.45, 2.75) is 58.5 Å². The first-order chi connectivity index (χ1) is 9.67. The molecule has 2 amide bonds. The van der Waals surface area contributed by atoms with Crippen LogP contribution in [0.15, 0.2) is 0 Å². The van der Waals surface area contributed by atoms with Gasteiger partial charge >= 0.3 is 11.8 Å². The SMILES string of the molecule is CCCCC(CC)CNC(=O)C(=O)NCC1CCCO1. The van der Waals surface area contributed by atoms with Crippen molar-refractivity contribution in [2.75, 3.05) is 19.7 Å². The number of hydrogen-bond acceptors (Lipinski definition) is 3. The number of ether oxygens (including phenoxy) is 1. The summed E-state index contributed by atoms with van der Waals surface area (Å²) in [5, 5.41) is 5.36. The van der Waals surface area contributed by atoms with Crippen molar-refractivity contribution < 1.29 is 14.3 Å². The molecular formula is C15H28N2O3. The van der Waals surface area contributed by atoms with Crippen molar-refractivity contribution in [3.8, 4) is 0 Å². The topological polar surface area (TPSA) is 67.4 Å². The number of carbonyl (C=O) groups excluding carboxylic acids is 2. The molecule has 0 aromatic carbocycles. The fourth-order valence-corrected chi connectivity index (χ4v) is 2.35. The van der Waals surface area contributed by atoms with Crippen molar-refractivity contribution >= 4 is 11.8 Å². The quantitative estimate of drug-likeness (QED) is 0.666. The highest BCUT2D eigenvalue weighted by Crippen LogP contribution is 2.11. The maximum absolute atomic E-state index is 11.7. The van der Waals surface area contributed by atoms with Crippen LogP contribution >= 0.6 is 0 Å². The van der Waals surface area contributed by atoms with E-state index in [0.717, 1.165) is 38.7 Å². The highest BCUT2D eigenvalue weighted by atomic mass is 16.5. The highest BCUT2D eigenvalue weighted by molar-refractivity contribution is 6.35. The lowest BCUT2D eigenvalue weighted by molar-refractivity contribution is -0.139. The van der Waals surface area contributed by atoms with E-state index in [0.29, 0.717) is 19.0 Å². The van der Waals surface area contributed by atoms with Crippen molar-refractivity contribution in [2.24, 2.45) is 5.92 Å². The van der Waals surface area contributed by atoms with Gasteiger partial charge in [0.05, 0.1) is 6.10 Å². The minimum Gasteiger partial charge on any atom is -0.376 e. The van der Waals surface area contributed by atoms with Gasteiger partial charge in [-0.05, 0) is 25.2 Å². The summed E-state index contributed by atoms with van der Waals surface area (Å²) >= 11 is 0. The minimum absolute atomic E-state index is 0.0692. The van der Waals surface area contributed by atoms with Gasteiger partial charge in [0.25, 0.3) is 0 Å². The summed E-state index contributed by atoms with van der Waals surface area (Å²) in [5.41, 5.74) is 0. The molecule has 0 bridgehead atoms. The van der Waals surface area contributed by atoms with Crippen LogP contribution in [0, 0.1) is 5.92 Å². The second kappa shape index (κ2) is 9.75. The monoisotopic (exact) mass is 284 g/mol. The molecule has 1 rings (SSSR count). The van der Waals surface area contributed by atoms with Gasteiger partial charge in [-0.1, -0.05) is 33.1 Å². The van der Waals surface area contributed by atoms with E-state index in [9.17, 15) is 9.59 Å². The Kier molecular flexibility index (Phi) is 8.26. The second-order valence-electron chi connectivity index (χ2n) is 5.47. The van der Waals surface area contributed by atoms with Crippen molar-refractivity contribution in [3.63, 3.8) is 0 Å². The summed E-state index contributed by atoms with van der Waals surface area (Å²) in [7, 11) is 0. The third-order valence-corrected chi connectivity index (χ3v) is 3.82. The van der Waals surface area contributed by atoms with E-state index in [4.69, 9.17) is 4.74 Å². The minimum atomic E-state index is -0.550. The zero-order chi connectivity index (χ0) is 14.8. The first-order valence-corrected chi connectivity index (χ1v) is 7.85. The summed E-state index contributed by atoms with van der Waals surface area (Å²) in [5.74, 6) is -0.617. The number of carbonyl (C=O) groups is 2. The molecule has 0 radical (unpaired) electrons. The molecule has 5 nitrogen and oxygen atoms in total. The van der Waals surface area contributed by atoms with E-state index in [1.807, 2.05) is 0 Å². The van der Waals surface area contributed by atoms with E-state index in [-0.39, 0.29) is 6.10 Å². The van der Waals surface area contributed by atoms with Gasteiger partial charge in [-0.2, -0.15) is 0 Å². The normalized spacial score (nSPS) is 19.6. The fraction of sp³-hybridized carbons (Fsp3) is 0.867. The Balaban J connectivity index is 2.17. The number of rotatable bonds is 8. The van der Waals surface area contributed by atoms with Crippen LogP contribution in [-0.2, 0) is 14.3 Å². The summed E-state index contributed by atoms with van der Waals surface area (Å²) in [6, 6.07) is 0. The maximum Gasteiger partial charge on any atom is 0.309 e. The second-order valence-corrected chi connectivity index (χ2v) is 5.47. The standard InChI is InChI=1S/C15H28N2O3/c1-3-5-7-12(4-2)10-16-14(18)15(19)17-11-13-8-6-9-20-13/h12-13H,3-11H2,1-2H3,(H,16,18)(H,17,19). The third-order valence-electron chi connectivity index (χ3n) is 3.82. The van der Waals surface area contributed by atoms with Crippen LogP contribution in [0.5, 0.6) is 0 Å². The molecule has 0 spiro atoms. The molecule has 5 heteroatoms. The first-order valence-electron chi connectivity index (χ1n) is 7.85. The number of nitrogens with one attached hydrogen (secondary N) is 2. The lowest BCUT2D eigenvalue weighted by atomic mass is 9.99. The van der Waals surface area contributed by atoms with Crippen molar-refractivity contribution in [1.82, 2.24) is 10.6 Å². The lowest BCUT2D eigenvalue weighted by Gasteiger charge is -2.15. The third kappa shape index (κ3) is 6.37. The van der Waals surface area contributed by atoms with Crippen LogP contribution in [0.3, 0.4) is 0 Å². The van der Waals surface area contributed by atoms with Crippen LogP contribution in [0.4, 0.5) is 0 Å². The molecule has 1 aliphatic heterocycles. The molecule has 116 valence electrons. The Hall–Kier alpha value is -1.10. The van der Waals surface area contributed by atoms with Crippen LogP contribution < -0.4 is 10.6 Å². The summed E-state index contributed by atoms with van der Waals surface area (Å²) < 4.78 is 5.40. The van der Waals surface area contributed by atoms with Crippen LogP contribution in [-0.4, -0.2) is 37.6 Å². The van der Waals surface area contributed by atoms with Gasteiger partial charge in [0.1, 0.15) is 0 Å². The Bertz CT molecular complexity index is 301. The maximum atomic E-state index is 11.7. The first kappa shape index (κ1) is 17.0.